The highest BCUT2D eigenvalue weighted by Crippen LogP contribution is 2.32. The second kappa shape index (κ2) is 13.4. The molecule has 0 bridgehead atoms. The number of fused-ring (bicyclic) bond motifs is 1. The van der Waals surface area contributed by atoms with Crippen LogP contribution in [0.1, 0.15) is 63.0 Å². The lowest BCUT2D eigenvalue weighted by Gasteiger charge is -2.26. The van der Waals surface area contributed by atoms with E-state index in [1.807, 2.05) is 27.7 Å². The molecule has 0 aliphatic rings. The van der Waals surface area contributed by atoms with Gasteiger partial charge in [0.05, 0.1) is 15.1 Å². The van der Waals surface area contributed by atoms with Crippen LogP contribution in [0.2, 0.25) is 0 Å². The van der Waals surface area contributed by atoms with Crippen molar-refractivity contribution in [1.29, 1.82) is 0 Å². The monoisotopic (exact) mass is 572 g/mol. The number of amides is 1. The SMILES string of the molecule is CCN(CC)CCN(C(=O)c1ccc(S(=O)(=O)N(CC(C)C)CC(C)C)cc1)c1nc2cc(C)c(C)cc2s1. The first-order valence-corrected chi connectivity index (χ1v) is 16.1. The first-order chi connectivity index (χ1) is 18.4. The van der Waals surface area contributed by atoms with Crippen LogP contribution in [0.15, 0.2) is 41.3 Å². The maximum absolute atomic E-state index is 13.8. The molecule has 2 aromatic carbocycles. The minimum Gasteiger partial charge on any atom is -0.302 e. The predicted molar refractivity (Wildman–Crippen MR) is 163 cm³/mol. The standard InChI is InChI=1S/C30H44N4O3S2/c1-9-32(10-2)15-16-34(30-31-27-17-23(7)24(8)18-28(27)38-30)29(35)25-11-13-26(14-12-25)39(36,37)33(19-21(3)4)20-22(5)6/h11-14,17-18,21-22H,9-10,15-16,19-20H2,1-8H3. The van der Waals surface area contributed by atoms with Crippen molar-refractivity contribution in [2.24, 2.45) is 11.8 Å². The Morgan fingerprint density at radius 2 is 1.46 bits per heavy atom. The third kappa shape index (κ3) is 7.66. The molecule has 214 valence electrons. The van der Waals surface area contributed by atoms with Crippen LogP contribution in [0.4, 0.5) is 5.13 Å². The Morgan fingerprint density at radius 3 is 2.00 bits per heavy atom. The van der Waals surface area contributed by atoms with E-state index < -0.39 is 10.0 Å². The van der Waals surface area contributed by atoms with E-state index in [2.05, 4.69) is 44.7 Å². The van der Waals surface area contributed by atoms with E-state index in [0.29, 0.717) is 30.3 Å². The highest BCUT2D eigenvalue weighted by molar-refractivity contribution is 7.89. The zero-order chi connectivity index (χ0) is 28.9. The molecule has 3 rings (SSSR count). The Kier molecular flexibility index (Phi) is 10.7. The predicted octanol–water partition coefficient (Wildman–Crippen LogP) is 6.20. The van der Waals surface area contributed by atoms with Crippen molar-refractivity contribution in [3.63, 3.8) is 0 Å². The molecular formula is C30H44N4O3S2. The van der Waals surface area contributed by atoms with E-state index in [4.69, 9.17) is 4.98 Å². The summed E-state index contributed by atoms with van der Waals surface area (Å²) < 4.78 is 29.5. The molecule has 0 aliphatic carbocycles. The first kappa shape index (κ1) is 31.2. The number of thiazole rings is 1. The van der Waals surface area contributed by atoms with Gasteiger partial charge >= 0.3 is 0 Å². The van der Waals surface area contributed by atoms with E-state index in [9.17, 15) is 13.2 Å². The van der Waals surface area contributed by atoms with E-state index >= 15 is 0 Å². The molecule has 0 radical (unpaired) electrons. The zero-order valence-corrected chi connectivity index (χ0v) is 26.3. The van der Waals surface area contributed by atoms with Gasteiger partial charge in [0, 0.05) is 31.7 Å². The fourth-order valence-corrected chi connectivity index (χ4v) is 7.35. The van der Waals surface area contributed by atoms with Crippen LogP contribution in [0, 0.1) is 25.7 Å². The van der Waals surface area contributed by atoms with Gasteiger partial charge in [0.15, 0.2) is 5.13 Å². The van der Waals surface area contributed by atoms with Crippen molar-refractivity contribution in [2.75, 3.05) is 44.2 Å². The largest absolute Gasteiger partial charge is 0.302 e. The van der Waals surface area contributed by atoms with Crippen molar-refractivity contribution in [2.45, 2.75) is 60.3 Å². The van der Waals surface area contributed by atoms with Gasteiger partial charge in [-0.3, -0.25) is 9.69 Å². The lowest BCUT2D eigenvalue weighted by atomic mass is 10.1. The number of likely N-dealkylation sites (N-methyl/N-ethyl adjacent to an activating group) is 1. The highest BCUT2D eigenvalue weighted by atomic mass is 32.2. The molecule has 9 heteroatoms. The van der Waals surface area contributed by atoms with Gasteiger partial charge in [-0.25, -0.2) is 13.4 Å². The molecule has 0 spiro atoms. The number of aryl methyl sites for hydroxylation is 2. The van der Waals surface area contributed by atoms with Crippen LogP contribution in [0.5, 0.6) is 0 Å². The average Bonchev–Trinajstić information content (AvgIpc) is 3.27. The summed E-state index contributed by atoms with van der Waals surface area (Å²) in [5, 5.41) is 0.656. The van der Waals surface area contributed by atoms with E-state index in [-0.39, 0.29) is 22.6 Å². The van der Waals surface area contributed by atoms with Gasteiger partial charge in [-0.15, -0.1) is 0 Å². The summed E-state index contributed by atoms with van der Waals surface area (Å²) in [6.07, 6.45) is 0. The Labute approximate surface area is 238 Å². The molecule has 0 N–H and O–H groups in total. The van der Waals surface area contributed by atoms with Gasteiger partial charge < -0.3 is 4.90 Å². The van der Waals surface area contributed by atoms with Gasteiger partial charge in [-0.1, -0.05) is 52.9 Å². The van der Waals surface area contributed by atoms with Crippen molar-refractivity contribution in [1.82, 2.24) is 14.2 Å². The average molecular weight is 573 g/mol. The Morgan fingerprint density at radius 1 is 0.897 bits per heavy atom. The number of rotatable bonds is 13. The molecule has 1 aromatic heterocycles. The molecule has 0 saturated carbocycles. The molecule has 7 nitrogen and oxygen atoms in total. The third-order valence-electron chi connectivity index (χ3n) is 6.88. The summed E-state index contributed by atoms with van der Waals surface area (Å²) in [7, 11) is -3.67. The number of carbonyl (C=O) groups is 1. The Balaban J connectivity index is 1.95. The van der Waals surface area contributed by atoms with E-state index in [1.165, 1.54) is 22.5 Å². The van der Waals surface area contributed by atoms with Crippen LogP contribution in [-0.4, -0.2) is 67.8 Å². The number of hydrogen-bond acceptors (Lipinski definition) is 6. The smallest absolute Gasteiger partial charge is 0.260 e. The fourth-order valence-electron chi connectivity index (χ4n) is 4.51. The van der Waals surface area contributed by atoms with Crippen LogP contribution in [-0.2, 0) is 10.0 Å². The molecule has 0 aliphatic heterocycles. The lowest BCUT2D eigenvalue weighted by Crippen LogP contribution is -2.39. The minimum absolute atomic E-state index is 0.181. The van der Waals surface area contributed by atoms with Crippen molar-refractivity contribution >= 4 is 42.6 Å². The van der Waals surface area contributed by atoms with Crippen molar-refractivity contribution < 1.29 is 13.2 Å². The van der Waals surface area contributed by atoms with Gasteiger partial charge in [-0.2, -0.15) is 4.31 Å². The fraction of sp³-hybridized carbons (Fsp3) is 0.533. The quantitative estimate of drug-likeness (QED) is 0.244. The summed E-state index contributed by atoms with van der Waals surface area (Å²) in [5.41, 5.74) is 3.69. The molecular weight excluding hydrogens is 528 g/mol. The van der Waals surface area contributed by atoms with Gasteiger partial charge in [0.1, 0.15) is 0 Å². The van der Waals surface area contributed by atoms with E-state index in [0.717, 1.165) is 29.9 Å². The number of carbonyl (C=O) groups excluding carboxylic acids is 1. The number of nitrogens with zero attached hydrogens (tertiary/aromatic N) is 4. The molecule has 1 amide bonds. The maximum atomic E-state index is 13.8. The van der Waals surface area contributed by atoms with Crippen LogP contribution in [0.3, 0.4) is 0 Å². The second-order valence-corrected chi connectivity index (χ2v) is 14.0. The number of aromatic nitrogens is 1. The second-order valence-electron chi connectivity index (χ2n) is 11.0. The third-order valence-corrected chi connectivity index (χ3v) is 9.77. The van der Waals surface area contributed by atoms with Gasteiger partial charge in [0.2, 0.25) is 10.0 Å². The summed E-state index contributed by atoms with van der Waals surface area (Å²) >= 11 is 1.51. The molecule has 0 atom stereocenters. The van der Waals surface area contributed by atoms with Gasteiger partial charge in [-0.05, 0) is 86.3 Å². The molecule has 0 saturated heterocycles. The number of hydrogen-bond donors (Lipinski definition) is 0. The summed E-state index contributed by atoms with van der Waals surface area (Å²) in [6.45, 7) is 20.3. The molecule has 0 fully saturated rings. The maximum Gasteiger partial charge on any atom is 0.260 e. The van der Waals surface area contributed by atoms with E-state index in [1.54, 1.807) is 33.5 Å². The lowest BCUT2D eigenvalue weighted by molar-refractivity contribution is 0.0983. The van der Waals surface area contributed by atoms with Crippen LogP contribution < -0.4 is 4.90 Å². The summed E-state index contributed by atoms with van der Waals surface area (Å²) in [4.78, 5) is 22.9. The molecule has 39 heavy (non-hydrogen) atoms. The molecule has 0 unspecified atom stereocenters. The molecule has 1 heterocycles. The Hall–Kier alpha value is -2.33. The summed E-state index contributed by atoms with van der Waals surface area (Å²) in [5.74, 6) is 0.236. The van der Waals surface area contributed by atoms with Crippen molar-refractivity contribution in [3.8, 4) is 0 Å². The highest BCUT2D eigenvalue weighted by Gasteiger charge is 2.27. The topological polar surface area (TPSA) is 73.8 Å². The number of sulfonamides is 1. The van der Waals surface area contributed by atoms with Crippen LogP contribution in [0.25, 0.3) is 10.2 Å². The van der Waals surface area contributed by atoms with Crippen LogP contribution >= 0.6 is 11.3 Å². The minimum atomic E-state index is -3.67. The Bertz CT molecular complexity index is 1310. The van der Waals surface area contributed by atoms with Gasteiger partial charge in [0.25, 0.3) is 5.91 Å². The number of benzene rings is 2. The molecule has 3 aromatic rings. The van der Waals surface area contributed by atoms with Crippen molar-refractivity contribution in [3.05, 3.63) is 53.1 Å². The normalized spacial score (nSPS) is 12.4. The zero-order valence-electron chi connectivity index (χ0n) is 24.7. The number of anilines is 1. The summed E-state index contributed by atoms with van der Waals surface area (Å²) in [6, 6.07) is 10.6. The first-order valence-electron chi connectivity index (χ1n) is 13.9.